The predicted octanol–water partition coefficient (Wildman–Crippen LogP) is 1.96. The SMILES string of the molecule is COc1cc(C)cc(CNC(=O)N2CCCC2C(=O)NC2CC2)c1. The van der Waals surface area contributed by atoms with Crippen molar-refractivity contribution in [3.63, 3.8) is 0 Å². The van der Waals surface area contributed by atoms with Crippen LogP contribution in [0.2, 0.25) is 0 Å². The van der Waals surface area contributed by atoms with Crippen LogP contribution in [0, 0.1) is 6.92 Å². The van der Waals surface area contributed by atoms with Crippen molar-refractivity contribution in [3.8, 4) is 5.75 Å². The monoisotopic (exact) mass is 331 g/mol. The molecule has 1 aliphatic carbocycles. The number of carbonyl (C=O) groups is 2. The average Bonchev–Trinajstić information content (AvgIpc) is 3.23. The highest BCUT2D eigenvalue weighted by molar-refractivity contribution is 5.88. The van der Waals surface area contributed by atoms with E-state index in [4.69, 9.17) is 4.74 Å². The maximum Gasteiger partial charge on any atom is 0.318 e. The van der Waals surface area contributed by atoms with Crippen LogP contribution in [0.15, 0.2) is 18.2 Å². The summed E-state index contributed by atoms with van der Waals surface area (Å²) in [7, 11) is 1.63. The minimum Gasteiger partial charge on any atom is -0.497 e. The average molecular weight is 331 g/mol. The Labute approximate surface area is 142 Å². The third kappa shape index (κ3) is 3.99. The van der Waals surface area contributed by atoms with Crippen molar-refractivity contribution in [1.82, 2.24) is 15.5 Å². The molecule has 1 saturated carbocycles. The first-order valence-electron chi connectivity index (χ1n) is 8.56. The summed E-state index contributed by atoms with van der Waals surface area (Å²) >= 11 is 0. The van der Waals surface area contributed by atoms with Crippen LogP contribution in [-0.2, 0) is 11.3 Å². The van der Waals surface area contributed by atoms with Crippen molar-refractivity contribution in [1.29, 1.82) is 0 Å². The van der Waals surface area contributed by atoms with Crippen molar-refractivity contribution in [2.75, 3.05) is 13.7 Å². The number of likely N-dealkylation sites (tertiary alicyclic amines) is 1. The van der Waals surface area contributed by atoms with Crippen LogP contribution in [0.4, 0.5) is 4.79 Å². The summed E-state index contributed by atoms with van der Waals surface area (Å²) in [5.74, 6) is 0.768. The second kappa shape index (κ2) is 7.11. The molecule has 1 saturated heterocycles. The summed E-state index contributed by atoms with van der Waals surface area (Å²) in [4.78, 5) is 26.4. The third-order valence-electron chi connectivity index (χ3n) is 4.53. The van der Waals surface area contributed by atoms with Crippen molar-refractivity contribution in [2.45, 2.75) is 51.2 Å². The van der Waals surface area contributed by atoms with E-state index < -0.39 is 0 Å². The zero-order valence-corrected chi connectivity index (χ0v) is 14.3. The molecule has 0 aromatic heterocycles. The topological polar surface area (TPSA) is 70.7 Å². The Hall–Kier alpha value is -2.24. The molecule has 3 rings (SSSR count). The Morgan fingerprint density at radius 1 is 1.25 bits per heavy atom. The fraction of sp³-hybridized carbons (Fsp3) is 0.556. The number of carbonyl (C=O) groups excluding carboxylic acids is 2. The first kappa shape index (κ1) is 16.6. The molecule has 3 amide bonds. The van der Waals surface area contributed by atoms with Gasteiger partial charge in [0.15, 0.2) is 0 Å². The van der Waals surface area contributed by atoms with Gasteiger partial charge in [0, 0.05) is 19.1 Å². The fourth-order valence-electron chi connectivity index (χ4n) is 3.13. The van der Waals surface area contributed by atoms with Crippen molar-refractivity contribution < 1.29 is 14.3 Å². The number of methoxy groups -OCH3 is 1. The highest BCUT2D eigenvalue weighted by Crippen LogP contribution is 2.22. The number of rotatable bonds is 5. The van der Waals surface area contributed by atoms with E-state index in [1.807, 2.05) is 25.1 Å². The zero-order chi connectivity index (χ0) is 17.1. The molecular weight excluding hydrogens is 306 g/mol. The number of hydrogen-bond acceptors (Lipinski definition) is 3. The second-order valence-corrected chi connectivity index (χ2v) is 6.65. The Morgan fingerprint density at radius 2 is 2.04 bits per heavy atom. The molecular formula is C18H25N3O3. The lowest BCUT2D eigenvalue weighted by molar-refractivity contribution is -0.124. The Bertz CT molecular complexity index is 628. The number of hydrogen-bond donors (Lipinski definition) is 2. The van der Waals surface area contributed by atoms with Gasteiger partial charge in [-0.25, -0.2) is 4.79 Å². The summed E-state index contributed by atoms with van der Waals surface area (Å²) in [5.41, 5.74) is 2.07. The van der Waals surface area contributed by atoms with Crippen LogP contribution in [0.5, 0.6) is 5.75 Å². The van der Waals surface area contributed by atoms with E-state index in [0.717, 1.165) is 42.6 Å². The van der Waals surface area contributed by atoms with Gasteiger partial charge < -0.3 is 20.3 Å². The molecule has 2 fully saturated rings. The van der Waals surface area contributed by atoms with E-state index in [0.29, 0.717) is 19.1 Å². The van der Waals surface area contributed by atoms with Crippen LogP contribution < -0.4 is 15.4 Å². The summed E-state index contributed by atoms with van der Waals surface area (Å²) in [6.45, 7) is 3.04. The molecule has 1 aromatic rings. The Morgan fingerprint density at radius 3 is 2.75 bits per heavy atom. The van der Waals surface area contributed by atoms with Gasteiger partial charge in [-0.05, 0) is 55.9 Å². The normalized spacial score (nSPS) is 19.9. The van der Waals surface area contributed by atoms with Gasteiger partial charge in [-0.2, -0.15) is 0 Å². The lowest BCUT2D eigenvalue weighted by Crippen LogP contribution is -2.49. The van der Waals surface area contributed by atoms with Crippen molar-refractivity contribution >= 4 is 11.9 Å². The number of urea groups is 1. The molecule has 1 heterocycles. The number of ether oxygens (including phenoxy) is 1. The molecule has 6 nitrogen and oxygen atoms in total. The molecule has 0 spiro atoms. The molecule has 0 bridgehead atoms. The van der Waals surface area contributed by atoms with Crippen LogP contribution in [0.1, 0.15) is 36.8 Å². The first-order valence-corrected chi connectivity index (χ1v) is 8.56. The summed E-state index contributed by atoms with van der Waals surface area (Å²) in [5, 5.41) is 5.92. The number of aryl methyl sites for hydroxylation is 1. The fourth-order valence-corrected chi connectivity index (χ4v) is 3.13. The lowest BCUT2D eigenvalue weighted by atomic mass is 10.1. The van der Waals surface area contributed by atoms with E-state index in [1.165, 1.54) is 0 Å². The maximum absolute atomic E-state index is 12.5. The standard InChI is InChI=1S/C18H25N3O3/c1-12-8-13(10-15(9-12)24-2)11-19-18(23)21-7-3-4-16(21)17(22)20-14-5-6-14/h8-10,14,16H,3-7,11H2,1-2H3,(H,19,23)(H,20,22). The molecule has 24 heavy (non-hydrogen) atoms. The minimum atomic E-state index is -0.336. The molecule has 2 N–H and O–H groups in total. The van der Waals surface area contributed by atoms with E-state index in [-0.39, 0.29) is 18.0 Å². The number of nitrogens with one attached hydrogen (secondary N) is 2. The third-order valence-corrected chi connectivity index (χ3v) is 4.53. The van der Waals surface area contributed by atoms with Crippen molar-refractivity contribution in [3.05, 3.63) is 29.3 Å². The number of benzene rings is 1. The lowest BCUT2D eigenvalue weighted by Gasteiger charge is -2.24. The molecule has 130 valence electrons. The van der Waals surface area contributed by atoms with Crippen LogP contribution in [0.25, 0.3) is 0 Å². The molecule has 1 unspecified atom stereocenters. The van der Waals surface area contributed by atoms with E-state index in [9.17, 15) is 9.59 Å². The van der Waals surface area contributed by atoms with Gasteiger partial charge in [0.05, 0.1) is 7.11 Å². The van der Waals surface area contributed by atoms with Crippen molar-refractivity contribution in [2.24, 2.45) is 0 Å². The van der Waals surface area contributed by atoms with Crippen LogP contribution in [-0.4, -0.2) is 42.6 Å². The summed E-state index contributed by atoms with van der Waals surface area (Å²) in [6.07, 6.45) is 3.72. The predicted molar refractivity (Wildman–Crippen MR) is 90.9 cm³/mol. The van der Waals surface area contributed by atoms with Gasteiger partial charge in [-0.15, -0.1) is 0 Å². The first-order chi connectivity index (χ1) is 11.6. The number of nitrogens with zero attached hydrogens (tertiary/aromatic N) is 1. The van der Waals surface area contributed by atoms with Gasteiger partial charge in [-0.3, -0.25) is 4.79 Å². The molecule has 2 aliphatic rings. The highest BCUT2D eigenvalue weighted by atomic mass is 16.5. The van der Waals surface area contributed by atoms with Gasteiger partial charge in [0.1, 0.15) is 11.8 Å². The Balaban J connectivity index is 1.57. The van der Waals surface area contributed by atoms with Gasteiger partial charge in [0.2, 0.25) is 5.91 Å². The molecule has 6 heteroatoms. The highest BCUT2D eigenvalue weighted by Gasteiger charge is 2.36. The van der Waals surface area contributed by atoms with Crippen LogP contribution in [0.3, 0.4) is 0 Å². The van der Waals surface area contributed by atoms with Gasteiger partial charge in [0.25, 0.3) is 0 Å². The van der Waals surface area contributed by atoms with E-state index >= 15 is 0 Å². The summed E-state index contributed by atoms with van der Waals surface area (Å²) < 4.78 is 5.26. The quantitative estimate of drug-likeness (QED) is 0.866. The molecule has 1 aliphatic heterocycles. The van der Waals surface area contributed by atoms with E-state index in [1.54, 1.807) is 12.0 Å². The number of amides is 3. The Kier molecular flexibility index (Phi) is 4.92. The van der Waals surface area contributed by atoms with Gasteiger partial charge >= 0.3 is 6.03 Å². The minimum absolute atomic E-state index is 0.0117. The molecule has 1 aromatic carbocycles. The van der Waals surface area contributed by atoms with Gasteiger partial charge in [-0.1, -0.05) is 6.07 Å². The summed E-state index contributed by atoms with van der Waals surface area (Å²) in [6, 6.07) is 5.69. The largest absolute Gasteiger partial charge is 0.497 e. The maximum atomic E-state index is 12.5. The van der Waals surface area contributed by atoms with Crippen LogP contribution >= 0.6 is 0 Å². The smallest absolute Gasteiger partial charge is 0.318 e. The zero-order valence-electron chi connectivity index (χ0n) is 14.3. The molecule has 1 atom stereocenters. The molecule has 0 radical (unpaired) electrons. The second-order valence-electron chi connectivity index (χ2n) is 6.65. The van der Waals surface area contributed by atoms with E-state index in [2.05, 4.69) is 10.6 Å².